The van der Waals surface area contributed by atoms with Crippen molar-refractivity contribution in [2.75, 3.05) is 13.1 Å². The average Bonchev–Trinajstić information content (AvgIpc) is 2.99. The number of nitrogens with zero attached hydrogens (tertiary/aromatic N) is 1. The molecule has 2 amide bonds. The Kier molecular flexibility index (Phi) is 7.06. The Morgan fingerprint density at radius 3 is 2.67 bits per heavy atom. The molecule has 2 fully saturated rings. The first kappa shape index (κ1) is 18.7. The third-order valence-electron chi connectivity index (χ3n) is 4.73. The second-order valence-corrected chi connectivity index (χ2v) is 6.41. The molecule has 2 N–H and O–H groups in total. The number of nitrogens with one attached hydrogen (secondary N) is 2. The number of halogens is 1. The van der Waals surface area contributed by atoms with Gasteiger partial charge in [-0.05, 0) is 36.9 Å². The van der Waals surface area contributed by atoms with Crippen LogP contribution < -0.4 is 10.6 Å². The van der Waals surface area contributed by atoms with Crippen LogP contribution in [0.15, 0.2) is 24.3 Å². The number of carbonyl (C=O) groups excluding carboxylic acids is 2. The summed E-state index contributed by atoms with van der Waals surface area (Å²) in [6.07, 6.45) is 4.78. The third-order valence-corrected chi connectivity index (χ3v) is 4.73. The second-order valence-electron chi connectivity index (χ2n) is 6.41. The molecule has 0 saturated carbocycles. The van der Waals surface area contributed by atoms with E-state index in [1.807, 2.05) is 29.2 Å². The molecule has 6 heteroatoms. The number of carbonyl (C=O) groups is 2. The van der Waals surface area contributed by atoms with Crippen LogP contribution in [0.25, 0.3) is 0 Å². The molecule has 2 aliphatic heterocycles. The molecule has 132 valence electrons. The maximum absolute atomic E-state index is 12.2. The first-order valence-electron chi connectivity index (χ1n) is 8.60. The van der Waals surface area contributed by atoms with E-state index < -0.39 is 0 Å². The minimum absolute atomic E-state index is 0. The van der Waals surface area contributed by atoms with Crippen molar-refractivity contribution in [2.24, 2.45) is 0 Å². The van der Waals surface area contributed by atoms with Crippen molar-refractivity contribution >= 4 is 24.2 Å². The molecule has 1 atom stereocenters. The number of benzene rings is 1. The van der Waals surface area contributed by atoms with Crippen LogP contribution in [0.4, 0.5) is 0 Å². The second kappa shape index (κ2) is 9.04. The SMILES string of the molecule is Cl.O=C(NCc1ccccc1CN1CCCC1=O)C1CCCCN1. The number of hydrogen-bond donors (Lipinski definition) is 2. The highest BCUT2D eigenvalue weighted by molar-refractivity contribution is 5.85. The molecule has 0 aliphatic carbocycles. The number of hydrogen-bond acceptors (Lipinski definition) is 3. The van der Waals surface area contributed by atoms with Gasteiger partial charge in [-0.2, -0.15) is 0 Å². The zero-order chi connectivity index (χ0) is 16.1. The lowest BCUT2D eigenvalue weighted by Gasteiger charge is -2.23. The Hall–Kier alpha value is -1.59. The Morgan fingerprint density at radius 2 is 2.00 bits per heavy atom. The Balaban J connectivity index is 0.00000208. The quantitative estimate of drug-likeness (QED) is 0.852. The summed E-state index contributed by atoms with van der Waals surface area (Å²) in [5.41, 5.74) is 2.22. The van der Waals surface area contributed by atoms with E-state index in [9.17, 15) is 9.59 Å². The van der Waals surface area contributed by atoms with Crippen LogP contribution in [0.3, 0.4) is 0 Å². The predicted octanol–water partition coefficient (Wildman–Crippen LogP) is 1.99. The molecule has 5 nitrogen and oxygen atoms in total. The van der Waals surface area contributed by atoms with Gasteiger partial charge in [0.25, 0.3) is 0 Å². The standard InChI is InChI=1S/C18H25N3O2.ClH/c22-17-9-5-11-21(17)13-15-7-2-1-6-14(15)12-20-18(23)16-8-3-4-10-19-16;/h1-2,6-7,16,19H,3-5,8-13H2,(H,20,23);1H. The largest absolute Gasteiger partial charge is 0.351 e. The van der Waals surface area contributed by atoms with E-state index in [-0.39, 0.29) is 30.3 Å². The molecule has 1 aromatic rings. The van der Waals surface area contributed by atoms with Crippen molar-refractivity contribution in [3.8, 4) is 0 Å². The van der Waals surface area contributed by atoms with Gasteiger partial charge in [0.2, 0.25) is 11.8 Å². The van der Waals surface area contributed by atoms with Gasteiger partial charge < -0.3 is 15.5 Å². The molecule has 24 heavy (non-hydrogen) atoms. The van der Waals surface area contributed by atoms with E-state index >= 15 is 0 Å². The average molecular weight is 352 g/mol. The lowest BCUT2D eigenvalue weighted by molar-refractivity contribution is -0.128. The molecular weight excluding hydrogens is 326 g/mol. The van der Waals surface area contributed by atoms with E-state index in [4.69, 9.17) is 0 Å². The van der Waals surface area contributed by atoms with Crippen molar-refractivity contribution in [1.29, 1.82) is 0 Å². The van der Waals surface area contributed by atoms with Crippen LogP contribution in [0, 0.1) is 0 Å². The van der Waals surface area contributed by atoms with Gasteiger partial charge in [-0.3, -0.25) is 9.59 Å². The Morgan fingerprint density at radius 1 is 1.21 bits per heavy atom. The molecule has 1 aromatic carbocycles. The van der Waals surface area contributed by atoms with Gasteiger partial charge in [0.1, 0.15) is 0 Å². The fourth-order valence-electron chi connectivity index (χ4n) is 3.34. The smallest absolute Gasteiger partial charge is 0.237 e. The normalized spacial score (nSPS) is 20.6. The van der Waals surface area contributed by atoms with E-state index in [1.54, 1.807) is 0 Å². The number of rotatable bonds is 5. The number of likely N-dealkylation sites (tertiary alicyclic amines) is 1. The molecule has 2 heterocycles. The van der Waals surface area contributed by atoms with Crippen LogP contribution in [0.1, 0.15) is 43.2 Å². The highest BCUT2D eigenvalue weighted by Gasteiger charge is 2.22. The minimum atomic E-state index is -0.0592. The molecule has 0 aromatic heterocycles. The zero-order valence-corrected chi connectivity index (χ0v) is 14.7. The van der Waals surface area contributed by atoms with Crippen LogP contribution >= 0.6 is 12.4 Å². The highest BCUT2D eigenvalue weighted by Crippen LogP contribution is 2.17. The van der Waals surface area contributed by atoms with E-state index in [0.717, 1.165) is 49.9 Å². The van der Waals surface area contributed by atoms with Crippen molar-refractivity contribution in [3.05, 3.63) is 35.4 Å². The lowest BCUT2D eigenvalue weighted by Crippen LogP contribution is -2.46. The van der Waals surface area contributed by atoms with E-state index in [2.05, 4.69) is 10.6 Å². The first-order chi connectivity index (χ1) is 11.2. The molecule has 0 bridgehead atoms. The van der Waals surface area contributed by atoms with Gasteiger partial charge in [0, 0.05) is 26.1 Å². The van der Waals surface area contributed by atoms with Gasteiger partial charge in [-0.15, -0.1) is 12.4 Å². The zero-order valence-electron chi connectivity index (χ0n) is 13.9. The van der Waals surface area contributed by atoms with Crippen molar-refractivity contribution in [3.63, 3.8) is 0 Å². The summed E-state index contributed by atoms with van der Waals surface area (Å²) in [6.45, 7) is 2.93. The van der Waals surface area contributed by atoms with E-state index in [0.29, 0.717) is 19.5 Å². The summed E-state index contributed by atoms with van der Waals surface area (Å²) in [5, 5.41) is 6.31. The Bertz CT molecular complexity index is 573. The number of amides is 2. The monoisotopic (exact) mass is 351 g/mol. The summed E-state index contributed by atoms with van der Waals surface area (Å²) in [5.74, 6) is 0.312. The van der Waals surface area contributed by atoms with Crippen molar-refractivity contribution in [2.45, 2.75) is 51.2 Å². The van der Waals surface area contributed by atoms with Gasteiger partial charge >= 0.3 is 0 Å². The molecule has 0 radical (unpaired) electrons. The Labute approximate surface area is 149 Å². The number of piperidine rings is 1. The summed E-state index contributed by atoms with van der Waals surface area (Å²) in [4.78, 5) is 26.0. The van der Waals surface area contributed by atoms with Gasteiger partial charge in [0.05, 0.1) is 6.04 Å². The molecule has 2 saturated heterocycles. The molecule has 3 rings (SSSR count). The summed E-state index contributed by atoms with van der Waals surface area (Å²) in [7, 11) is 0. The molecule has 2 aliphatic rings. The fraction of sp³-hybridized carbons (Fsp3) is 0.556. The van der Waals surface area contributed by atoms with Crippen molar-refractivity contribution < 1.29 is 9.59 Å². The molecule has 0 spiro atoms. The van der Waals surface area contributed by atoms with Gasteiger partial charge in [0.15, 0.2) is 0 Å². The third kappa shape index (κ3) is 4.71. The van der Waals surface area contributed by atoms with Crippen molar-refractivity contribution in [1.82, 2.24) is 15.5 Å². The topological polar surface area (TPSA) is 61.4 Å². The lowest BCUT2D eigenvalue weighted by atomic mass is 10.0. The van der Waals surface area contributed by atoms with Gasteiger partial charge in [-0.25, -0.2) is 0 Å². The van der Waals surface area contributed by atoms with Gasteiger partial charge in [-0.1, -0.05) is 30.7 Å². The van der Waals surface area contributed by atoms with Crippen LogP contribution in [0.2, 0.25) is 0 Å². The van der Waals surface area contributed by atoms with Crippen LogP contribution in [-0.2, 0) is 22.7 Å². The van der Waals surface area contributed by atoms with Crippen LogP contribution in [-0.4, -0.2) is 35.8 Å². The summed E-state index contributed by atoms with van der Waals surface area (Å²) >= 11 is 0. The maximum Gasteiger partial charge on any atom is 0.237 e. The van der Waals surface area contributed by atoms with E-state index in [1.165, 1.54) is 0 Å². The molecule has 1 unspecified atom stereocenters. The first-order valence-corrected chi connectivity index (χ1v) is 8.60. The van der Waals surface area contributed by atoms with Crippen LogP contribution in [0.5, 0.6) is 0 Å². The minimum Gasteiger partial charge on any atom is -0.351 e. The summed E-state index contributed by atoms with van der Waals surface area (Å²) in [6, 6.07) is 7.99. The molecular formula is C18H26ClN3O2. The maximum atomic E-state index is 12.2. The fourth-order valence-corrected chi connectivity index (χ4v) is 3.34. The predicted molar refractivity (Wildman–Crippen MR) is 95.8 cm³/mol. The highest BCUT2D eigenvalue weighted by atomic mass is 35.5. The summed E-state index contributed by atoms with van der Waals surface area (Å²) < 4.78 is 0.